The van der Waals surface area contributed by atoms with Gasteiger partial charge in [0.2, 0.25) is 0 Å². The Balaban J connectivity index is 2.34. The summed E-state index contributed by atoms with van der Waals surface area (Å²) in [6.45, 7) is 7.90. The molecule has 0 saturated heterocycles. The molecule has 3 nitrogen and oxygen atoms in total. The second-order valence-corrected chi connectivity index (χ2v) is 6.31. The molecule has 102 valence electrons. The van der Waals surface area contributed by atoms with Gasteiger partial charge in [0, 0.05) is 12.5 Å². The molecule has 1 fully saturated rings. The first-order chi connectivity index (χ1) is 8.60. The van der Waals surface area contributed by atoms with E-state index < -0.39 is 0 Å². The van der Waals surface area contributed by atoms with Gasteiger partial charge < -0.3 is 4.57 Å². The molecule has 1 aliphatic rings. The summed E-state index contributed by atoms with van der Waals surface area (Å²) in [5.41, 5.74) is 0.334. The van der Waals surface area contributed by atoms with E-state index in [0.717, 1.165) is 24.6 Å². The zero-order valence-electron chi connectivity index (χ0n) is 11.7. The quantitative estimate of drug-likeness (QED) is 0.770. The second-order valence-electron chi connectivity index (χ2n) is 6.05. The lowest BCUT2D eigenvalue weighted by atomic mass is 9.68. The third kappa shape index (κ3) is 2.56. The summed E-state index contributed by atoms with van der Waals surface area (Å²) in [5, 5.41) is 8.73. The Morgan fingerprint density at radius 3 is 2.72 bits per heavy atom. The fourth-order valence-electron chi connectivity index (χ4n) is 3.15. The Kier molecular flexibility index (Phi) is 4.31. The van der Waals surface area contributed by atoms with Gasteiger partial charge in [-0.15, -0.1) is 21.8 Å². The van der Waals surface area contributed by atoms with E-state index in [4.69, 9.17) is 11.6 Å². The first-order valence-electron chi connectivity index (χ1n) is 7.08. The Hall–Kier alpha value is -0.570. The number of alkyl halides is 1. The van der Waals surface area contributed by atoms with Crippen LogP contribution in [0.15, 0.2) is 0 Å². The van der Waals surface area contributed by atoms with Crippen molar-refractivity contribution in [2.24, 2.45) is 5.41 Å². The van der Waals surface area contributed by atoms with Gasteiger partial charge in [0.25, 0.3) is 0 Å². The number of hydrogen-bond donors (Lipinski definition) is 0. The molecule has 0 N–H and O–H groups in total. The molecule has 1 aromatic rings. The molecule has 2 rings (SSSR count). The number of rotatable bonds is 4. The lowest BCUT2D eigenvalue weighted by molar-refractivity contribution is 0.188. The van der Waals surface area contributed by atoms with Crippen LogP contribution in [0, 0.1) is 5.41 Å². The van der Waals surface area contributed by atoms with Gasteiger partial charge in [0.05, 0.1) is 5.88 Å². The summed E-state index contributed by atoms with van der Waals surface area (Å²) < 4.78 is 2.25. The van der Waals surface area contributed by atoms with Crippen molar-refractivity contribution in [2.45, 2.75) is 71.2 Å². The van der Waals surface area contributed by atoms with E-state index in [-0.39, 0.29) is 0 Å². The number of nitrogens with zero attached hydrogens (tertiary/aromatic N) is 3. The van der Waals surface area contributed by atoms with Crippen LogP contribution in [-0.4, -0.2) is 14.8 Å². The molecule has 1 saturated carbocycles. The van der Waals surface area contributed by atoms with Gasteiger partial charge in [0.15, 0.2) is 0 Å². The summed E-state index contributed by atoms with van der Waals surface area (Å²) in [7, 11) is 0. The van der Waals surface area contributed by atoms with Crippen LogP contribution in [-0.2, 0) is 12.4 Å². The van der Waals surface area contributed by atoms with Gasteiger partial charge in [-0.25, -0.2) is 0 Å². The fourth-order valence-corrected chi connectivity index (χ4v) is 3.34. The molecule has 0 aromatic carbocycles. The summed E-state index contributed by atoms with van der Waals surface area (Å²) >= 11 is 5.97. The van der Waals surface area contributed by atoms with Crippen LogP contribution < -0.4 is 0 Å². The Morgan fingerprint density at radius 2 is 2.11 bits per heavy atom. The fraction of sp³-hybridized carbons (Fsp3) is 0.857. The van der Waals surface area contributed by atoms with Gasteiger partial charge >= 0.3 is 0 Å². The maximum Gasteiger partial charge on any atom is 0.147 e. The minimum absolute atomic E-state index is 0.334. The van der Waals surface area contributed by atoms with E-state index in [0.29, 0.717) is 17.2 Å². The van der Waals surface area contributed by atoms with Crippen LogP contribution in [0.2, 0.25) is 0 Å². The van der Waals surface area contributed by atoms with Crippen molar-refractivity contribution >= 4 is 11.6 Å². The van der Waals surface area contributed by atoms with Crippen molar-refractivity contribution < 1.29 is 0 Å². The van der Waals surface area contributed by atoms with Crippen LogP contribution >= 0.6 is 11.6 Å². The summed E-state index contributed by atoms with van der Waals surface area (Å²) in [6, 6.07) is 0. The van der Waals surface area contributed by atoms with E-state index in [2.05, 4.69) is 35.5 Å². The zero-order valence-corrected chi connectivity index (χ0v) is 12.5. The highest BCUT2D eigenvalue weighted by Crippen LogP contribution is 2.46. The molecule has 1 aromatic heterocycles. The van der Waals surface area contributed by atoms with Gasteiger partial charge in [-0.1, -0.05) is 33.6 Å². The second kappa shape index (κ2) is 5.60. The highest BCUT2D eigenvalue weighted by Gasteiger charge is 2.36. The predicted octanol–water partition coefficient (Wildman–Crippen LogP) is 4.11. The van der Waals surface area contributed by atoms with Crippen molar-refractivity contribution in [3.63, 3.8) is 0 Å². The standard InChI is InChI=1S/C14H24ClN3/c1-4-9-18-12(10-15)16-17-13(18)11-7-5-6-8-14(11,2)3/h11H,4-10H2,1-3H3. The molecular weight excluding hydrogens is 246 g/mol. The van der Waals surface area contributed by atoms with E-state index in [9.17, 15) is 0 Å². The molecule has 0 spiro atoms. The zero-order chi connectivity index (χ0) is 13.2. The number of hydrogen-bond acceptors (Lipinski definition) is 2. The van der Waals surface area contributed by atoms with E-state index >= 15 is 0 Å². The molecule has 4 heteroatoms. The minimum Gasteiger partial charge on any atom is -0.314 e. The molecule has 18 heavy (non-hydrogen) atoms. The van der Waals surface area contributed by atoms with Gasteiger partial charge in [0.1, 0.15) is 11.6 Å². The van der Waals surface area contributed by atoms with Crippen LogP contribution in [0.1, 0.15) is 70.4 Å². The minimum atomic E-state index is 0.334. The molecule has 1 heterocycles. The van der Waals surface area contributed by atoms with Crippen LogP contribution in [0.25, 0.3) is 0 Å². The molecule has 0 amide bonds. The van der Waals surface area contributed by atoms with Crippen molar-refractivity contribution in [2.75, 3.05) is 0 Å². The average molecular weight is 270 g/mol. The lowest BCUT2D eigenvalue weighted by Crippen LogP contribution is -2.28. The highest BCUT2D eigenvalue weighted by atomic mass is 35.5. The summed E-state index contributed by atoms with van der Waals surface area (Å²) in [5.74, 6) is 3.08. The van der Waals surface area contributed by atoms with E-state index in [1.54, 1.807) is 0 Å². The molecule has 0 radical (unpaired) electrons. The molecule has 1 unspecified atom stereocenters. The molecule has 1 atom stereocenters. The molecular formula is C14H24ClN3. The summed E-state index contributed by atoms with van der Waals surface area (Å²) in [4.78, 5) is 0. The Labute approximate surface area is 115 Å². The maximum atomic E-state index is 5.97. The van der Waals surface area contributed by atoms with Crippen LogP contribution in [0.3, 0.4) is 0 Å². The van der Waals surface area contributed by atoms with Crippen molar-refractivity contribution in [1.29, 1.82) is 0 Å². The topological polar surface area (TPSA) is 30.7 Å². The first-order valence-corrected chi connectivity index (χ1v) is 7.61. The van der Waals surface area contributed by atoms with E-state index in [1.165, 1.54) is 25.7 Å². The lowest BCUT2D eigenvalue weighted by Gasteiger charge is -2.38. The van der Waals surface area contributed by atoms with Gasteiger partial charge in [-0.3, -0.25) is 0 Å². The van der Waals surface area contributed by atoms with E-state index in [1.807, 2.05) is 0 Å². The van der Waals surface area contributed by atoms with Crippen molar-refractivity contribution in [1.82, 2.24) is 14.8 Å². The molecule has 0 bridgehead atoms. The first kappa shape index (κ1) is 13.9. The average Bonchev–Trinajstić information content (AvgIpc) is 2.72. The largest absolute Gasteiger partial charge is 0.314 e. The highest BCUT2D eigenvalue weighted by molar-refractivity contribution is 6.16. The normalized spacial score (nSPS) is 23.2. The number of halogens is 1. The van der Waals surface area contributed by atoms with Gasteiger partial charge in [-0.05, 0) is 24.7 Å². The van der Waals surface area contributed by atoms with Crippen LogP contribution in [0.5, 0.6) is 0 Å². The Morgan fingerprint density at radius 1 is 1.33 bits per heavy atom. The van der Waals surface area contributed by atoms with Gasteiger partial charge in [-0.2, -0.15) is 0 Å². The van der Waals surface area contributed by atoms with Crippen molar-refractivity contribution in [3.8, 4) is 0 Å². The Bertz CT molecular complexity index is 398. The third-order valence-corrected chi connectivity index (χ3v) is 4.48. The number of aromatic nitrogens is 3. The third-order valence-electron chi connectivity index (χ3n) is 4.24. The smallest absolute Gasteiger partial charge is 0.147 e. The monoisotopic (exact) mass is 269 g/mol. The van der Waals surface area contributed by atoms with Crippen molar-refractivity contribution in [3.05, 3.63) is 11.6 Å². The molecule has 1 aliphatic carbocycles. The van der Waals surface area contributed by atoms with Crippen LogP contribution in [0.4, 0.5) is 0 Å². The maximum absolute atomic E-state index is 5.97. The summed E-state index contributed by atoms with van der Waals surface area (Å²) in [6.07, 6.45) is 6.27. The predicted molar refractivity (Wildman–Crippen MR) is 74.9 cm³/mol. The SMILES string of the molecule is CCCn1c(CCl)nnc1C1CCCCC1(C)C. The molecule has 0 aliphatic heterocycles.